The topological polar surface area (TPSA) is 134 Å². The highest BCUT2D eigenvalue weighted by molar-refractivity contribution is 9.10. The number of halogens is 1. The molecule has 10 heteroatoms. The number of carboxylic acids is 2. The highest BCUT2D eigenvalue weighted by Gasteiger charge is 2.20. The predicted octanol–water partition coefficient (Wildman–Crippen LogP) is 0.728. The first-order chi connectivity index (χ1) is 8.81. The molecule has 0 aliphatic rings. The van der Waals surface area contributed by atoms with Gasteiger partial charge in [-0.05, 0) is 15.9 Å². The molecule has 2 N–H and O–H groups in total. The fourth-order valence-electron chi connectivity index (χ4n) is 1.29. The van der Waals surface area contributed by atoms with Crippen LogP contribution in [0.25, 0.3) is 0 Å². The van der Waals surface area contributed by atoms with E-state index in [1.54, 1.807) is 0 Å². The largest absolute Gasteiger partial charge is 0.480 e. The molecule has 0 saturated carbocycles. The van der Waals surface area contributed by atoms with Crippen molar-refractivity contribution in [3.63, 3.8) is 0 Å². The molecule has 1 aromatic heterocycles. The SMILES string of the molecule is O=C(O)CN(CC(=O)O)c1ncc([N+](=O)[O-])cc1Br. The van der Waals surface area contributed by atoms with E-state index in [1.807, 2.05) is 0 Å². The van der Waals surface area contributed by atoms with Gasteiger partial charge in [0.15, 0.2) is 0 Å². The van der Waals surface area contributed by atoms with Crippen molar-refractivity contribution in [1.82, 2.24) is 4.98 Å². The van der Waals surface area contributed by atoms with Crippen molar-refractivity contribution in [2.45, 2.75) is 0 Å². The highest BCUT2D eigenvalue weighted by Crippen LogP contribution is 2.27. The molecular formula is C9H8BrN3O6. The number of pyridine rings is 1. The summed E-state index contributed by atoms with van der Waals surface area (Å²) in [7, 11) is 0. The van der Waals surface area contributed by atoms with Gasteiger partial charge in [-0.15, -0.1) is 0 Å². The Morgan fingerprint density at radius 2 is 1.89 bits per heavy atom. The van der Waals surface area contributed by atoms with E-state index < -0.39 is 30.0 Å². The van der Waals surface area contributed by atoms with E-state index >= 15 is 0 Å². The van der Waals surface area contributed by atoms with E-state index in [9.17, 15) is 19.7 Å². The zero-order chi connectivity index (χ0) is 14.6. The van der Waals surface area contributed by atoms with Crippen LogP contribution in [-0.4, -0.2) is 45.1 Å². The van der Waals surface area contributed by atoms with Crippen LogP contribution in [0.4, 0.5) is 11.5 Å². The van der Waals surface area contributed by atoms with Gasteiger partial charge in [0, 0.05) is 6.07 Å². The molecule has 0 unspecified atom stereocenters. The van der Waals surface area contributed by atoms with Crippen LogP contribution in [-0.2, 0) is 9.59 Å². The molecule has 1 heterocycles. The van der Waals surface area contributed by atoms with E-state index in [0.29, 0.717) is 0 Å². The van der Waals surface area contributed by atoms with Gasteiger partial charge >= 0.3 is 11.9 Å². The van der Waals surface area contributed by atoms with Crippen molar-refractivity contribution >= 4 is 39.4 Å². The molecule has 0 radical (unpaired) electrons. The standard InChI is InChI=1S/C9H8BrN3O6/c10-6-1-5(13(18)19)2-11-9(6)12(3-7(14)15)4-8(16)17/h1-2H,3-4H2,(H,14,15)(H,16,17). The number of anilines is 1. The molecule has 0 aliphatic carbocycles. The van der Waals surface area contributed by atoms with Gasteiger partial charge in [-0.2, -0.15) is 0 Å². The number of carboxylic acid groups (broad SMARTS) is 2. The maximum absolute atomic E-state index is 10.7. The summed E-state index contributed by atoms with van der Waals surface area (Å²) in [6.45, 7) is -1.18. The van der Waals surface area contributed by atoms with Crippen molar-refractivity contribution in [2.75, 3.05) is 18.0 Å². The number of nitrogens with zero attached hydrogens (tertiary/aromatic N) is 3. The van der Waals surface area contributed by atoms with E-state index in [-0.39, 0.29) is 16.0 Å². The average Bonchev–Trinajstić information content (AvgIpc) is 2.26. The van der Waals surface area contributed by atoms with Gasteiger partial charge in [0.25, 0.3) is 5.69 Å². The van der Waals surface area contributed by atoms with Crippen molar-refractivity contribution in [3.8, 4) is 0 Å². The second kappa shape index (κ2) is 6.09. The second-order valence-electron chi connectivity index (χ2n) is 3.40. The first-order valence-corrected chi connectivity index (χ1v) is 5.59. The van der Waals surface area contributed by atoms with Crippen molar-refractivity contribution < 1.29 is 24.7 Å². The van der Waals surface area contributed by atoms with Gasteiger partial charge in [0.1, 0.15) is 25.1 Å². The number of hydrogen-bond acceptors (Lipinski definition) is 6. The minimum Gasteiger partial charge on any atom is -0.480 e. The quantitative estimate of drug-likeness (QED) is 0.574. The second-order valence-corrected chi connectivity index (χ2v) is 4.25. The summed E-state index contributed by atoms with van der Waals surface area (Å²) in [5, 5.41) is 27.9. The lowest BCUT2D eigenvalue weighted by molar-refractivity contribution is -0.385. The zero-order valence-corrected chi connectivity index (χ0v) is 10.9. The molecule has 1 aromatic rings. The van der Waals surface area contributed by atoms with Gasteiger partial charge in [-0.3, -0.25) is 19.7 Å². The van der Waals surface area contributed by atoms with Crippen molar-refractivity contribution in [3.05, 3.63) is 26.9 Å². The third-order valence-corrected chi connectivity index (χ3v) is 2.55. The number of nitro groups is 1. The van der Waals surface area contributed by atoms with Crippen LogP contribution in [0.2, 0.25) is 0 Å². The van der Waals surface area contributed by atoms with Crippen LogP contribution >= 0.6 is 15.9 Å². The van der Waals surface area contributed by atoms with Crippen LogP contribution in [0.1, 0.15) is 0 Å². The highest BCUT2D eigenvalue weighted by atomic mass is 79.9. The number of hydrogen-bond donors (Lipinski definition) is 2. The lowest BCUT2D eigenvalue weighted by Crippen LogP contribution is -2.35. The summed E-state index contributed by atoms with van der Waals surface area (Å²) in [5.74, 6) is -2.47. The number of rotatable bonds is 6. The lowest BCUT2D eigenvalue weighted by atomic mass is 10.3. The molecule has 0 aromatic carbocycles. The maximum Gasteiger partial charge on any atom is 0.323 e. The number of aliphatic carboxylic acids is 2. The van der Waals surface area contributed by atoms with E-state index in [4.69, 9.17) is 10.2 Å². The monoisotopic (exact) mass is 333 g/mol. The Morgan fingerprint density at radius 3 is 2.26 bits per heavy atom. The fraction of sp³-hybridized carbons (Fsp3) is 0.222. The van der Waals surface area contributed by atoms with Crippen LogP contribution in [0.3, 0.4) is 0 Å². The molecule has 0 bridgehead atoms. The molecule has 0 saturated heterocycles. The van der Waals surface area contributed by atoms with Crippen molar-refractivity contribution in [2.24, 2.45) is 0 Å². The first-order valence-electron chi connectivity index (χ1n) is 4.79. The molecule has 0 atom stereocenters. The third kappa shape index (κ3) is 4.17. The molecule has 19 heavy (non-hydrogen) atoms. The van der Waals surface area contributed by atoms with Gasteiger partial charge in [0.2, 0.25) is 0 Å². The Kier molecular flexibility index (Phi) is 4.75. The smallest absolute Gasteiger partial charge is 0.323 e. The summed E-state index contributed by atoms with van der Waals surface area (Å²) in [6, 6.07) is 1.12. The predicted molar refractivity (Wildman–Crippen MR) is 66.1 cm³/mol. The molecule has 1 rings (SSSR count). The minimum absolute atomic E-state index is 0.00963. The Hall–Kier alpha value is -2.23. The van der Waals surface area contributed by atoms with Gasteiger partial charge in [-0.1, -0.05) is 0 Å². The van der Waals surface area contributed by atoms with Crippen LogP contribution in [0.5, 0.6) is 0 Å². The van der Waals surface area contributed by atoms with E-state index in [1.165, 1.54) is 0 Å². The number of carbonyl (C=O) groups is 2. The van der Waals surface area contributed by atoms with Crippen LogP contribution in [0, 0.1) is 10.1 Å². The first kappa shape index (κ1) is 14.8. The molecule has 0 fully saturated rings. The normalized spacial score (nSPS) is 9.95. The summed E-state index contributed by atoms with van der Waals surface area (Å²) in [5.41, 5.74) is -0.291. The Morgan fingerprint density at radius 1 is 1.37 bits per heavy atom. The molecule has 102 valence electrons. The van der Waals surface area contributed by atoms with Crippen LogP contribution in [0.15, 0.2) is 16.7 Å². The third-order valence-electron chi connectivity index (χ3n) is 1.97. The summed E-state index contributed by atoms with van der Waals surface area (Å²) >= 11 is 3.00. The fourth-order valence-corrected chi connectivity index (χ4v) is 1.87. The van der Waals surface area contributed by atoms with Crippen LogP contribution < -0.4 is 4.90 Å². The summed E-state index contributed by atoms with van der Waals surface area (Å²) < 4.78 is 0.143. The Bertz CT molecular complexity index is 519. The summed E-state index contributed by atoms with van der Waals surface area (Å²) in [6.07, 6.45) is 0.927. The molecule has 9 nitrogen and oxygen atoms in total. The minimum atomic E-state index is -1.24. The van der Waals surface area contributed by atoms with Gasteiger partial charge < -0.3 is 15.1 Å². The zero-order valence-electron chi connectivity index (χ0n) is 9.32. The Labute approximate surface area is 114 Å². The number of aromatic nitrogens is 1. The van der Waals surface area contributed by atoms with E-state index in [2.05, 4.69) is 20.9 Å². The van der Waals surface area contributed by atoms with E-state index in [0.717, 1.165) is 17.2 Å². The van der Waals surface area contributed by atoms with Gasteiger partial charge in [-0.25, -0.2) is 4.98 Å². The Balaban J connectivity index is 3.11. The average molecular weight is 334 g/mol. The maximum atomic E-state index is 10.7. The molecular weight excluding hydrogens is 326 g/mol. The molecule has 0 aliphatic heterocycles. The van der Waals surface area contributed by atoms with Gasteiger partial charge in [0.05, 0.1) is 9.40 Å². The van der Waals surface area contributed by atoms with Crippen molar-refractivity contribution in [1.29, 1.82) is 0 Å². The summed E-state index contributed by atoms with van der Waals surface area (Å²) in [4.78, 5) is 35.9. The molecule has 0 amide bonds. The molecule has 0 spiro atoms. The lowest BCUT2D eigenvalue weighted by Gasteiger charge is -2.20.